The lowest BCUT2D eigenvalue weighted by atomic mass is 9.96. The van der Waals surface area contributed by atoms with Gasteiger partial charge in [-0.15, -0.1) is 0 Å². The van der Waals surface area contributed by atoms with E-state index in [0.717, 1.165) is 25.7 Å². The van der Waals surface area contributed by atoms with Crippen LogP contribution >= 0.6 is 0 Å². The van der Waals surface area contributed by atoms with Gasteiger partial charge in [0, 0.05) is 5.22 Å². The van der Waals surface area contributed by atoms with Crippen molar-refractivity contribution in [1.82, 2.24) is 0 Å². The van der Waals surface area contributed by atoms with Gasteiger partial charge in [0.05, 0.1) is 22.3 Å². The first kappa shape index (κ1) is 29.6. The summed E-state index contributed by atoms with van der Waals surface area (Å²) in [6.07, 6.45) is 6.65. The Hall–Kier alpha value is -1.97. The van der Waals surface area contributed by atoms with Crippen LogP contribution in [0.3, 0.4) is 0 Å². The highest BCUT2D eigenvalue weighted by Gasteiger charge is 2.59. The van der Waals surface area contributed by atoms with Crippen LogP contribution in [0.2, 0.25) is 36.8 Å². The number of benzene rings is 2. The summed E-state index contributed by atoms with van der Waals surface area (Å²) in [5.41, 5.74) is 2.42. The molecular weight excluding hydrogens is 496 g/mol. The van der Waals surface area contributed by atoms with Crippen LogP contribution in [-0.2, 0) is 17.3 Å². The van der Waals surface area contributed by atoms with Crippen LogP contribution < -0.4 is 9.47 Å². The molecule has 0 amide bonds. The van der Waals surface area contributed by atoms with Gasteiger partial charge in [0.15, 0.2) is 31.3 Å². The molecule has 0 aromatic heterocycles. The van der Waals surface area contributed by atoms with Crippen LogP contribution in [0.15, 0.2) is 36.4 Å². The Bertz CT molecular complexity index is 997. The third-order valence-corrected chi connectivity index (χ3v) is 19.9. The summed E-state index contributed by atoms with van der Waals surface area (Å²) >= 11 is 0. The second-order valence-electron chi connectivity index (χ2n) is 12.5. The zero-order valence-corrected chi connectivity index (χ0v) is 26.2. The number of phenolic OH excluding ortho intramolecular Hbond substituents is 2. The highest BCUT2D eigenvalue weighted by Crippen LogP contribution is 2.60. The average Bonchev–Trinajstić information content (AvgIpc) is 2.84. The van der Waals surface area contributed by atoms with E-state index in [-0.39, 0.29) is 16.7 Å². The van der Waals surface area contributed by atoms with Crippen molar-refractivity contribution >= 4 is 16.4 Å². The van der Waals surface area contributed by atoms with Gasteiger partial charge in [-0.25, -0.2) is 0 Å². The van der Waals surface area contributed by atoms with Gasteiger partial charge in [0.2, 0.25) is 0 Å². The van der Waals surface area contributed by atoms with Crippen molar-refractivity contribution in [1.29, 1.82) is 0 Å². The number of phenols is 2. The largest absolute Gasteiger partial charge is 0.504 e. The number of ether oxygens (including phenoxy) is 2. The van der Waals surface area contributed by atoms with Crippen LogP contribution in [0.4, 0.5) is 0 Å². The molecule has 0 spiro atoms. The minimum Gasteiger partial charge on any atom is -0.504 e. The number of hydrogen-bond donors (Lipinski definition) is 2. The van der Waals surface area contributed by atoms with Gasteiger partial charge in [-0.2, -0.15) is 0 Å². The van der Waals surface area contributed by atoms with Gasteiger partial charge in [0.25, 0.3) is 0 Å². The van der Waals surface area contributed by atoms with Crippen LogP contribution in [0.5, 0.6) is 23.0 Å². The molecule has 0 saturated carbocycles. The smallest absolute Gasteiger partial charge is 0.195 e. The summed E-state index contributed by atoms with van der Waals surface area (Å²) in [4.78, 5) is 0. The van der Waals surface area contributed by atoms with E-state index >= 15 is 0 Å². The first-order chi connectivity index (χ1) is 17.3. The van der Waals surface area contributed by atoms with Crippen molar-refractivity contribution < 1.29 is 24.1 Å². The lowest BCUT2D eigenvalue weighted by Crippen LogP contribution is -2.64. The molecule has 0 aliphatic carbocycles. The molecule has 2 atom stereocenters. The van der Waals surface area contributed by atoms with E-state index in [0.29, 0.717) is 16.5 Å². The predicted molar refractivity (Wildman–Crippen MR) is 157 cm³/mol. The molecule has 2 N–H and O–H groups in total. The molecule has 37 heavy (non-hydrogen) atoms. The monoisotopic (exact) mass is 544 g/mol. The van der Waals surface area contributed by atoms with E-state index in [1.54, 1.807) is 26.4 Å². The van der Waals surface area contributed by atoms with Crippen molar-refractivity contribution in [2.24, 2.45) is 0 Å². The zero-order chi connectivity index (χ0) is 27.5. The van der Waals surface area contributed by atoms with Gasteiger partial charge >= 0.3 is 0 Å². The lowest BCUT2D eigenvalue weighted by molar-refractivity contribution is 0.137. The Labute approximate surface area is 226 Å². The fourth-order valence-electron chi connectivity index (χ4n) is 5.64. The maximum atomic E-state index is 9.88. The molecule has 0 bridgehead atoms. The zero-order valence-electron chi connectivity index (χ0n) is 24.2. The maximum absolute atomic E-state index is 9.88. The number of aromatic hydroxyl groups is 2. The Kier molecular flexibility index (Phi) is 9.13. The highest BCUT2D eigenvalue weighted by molar-refractivity contribution is 6.83. The highest BCUT2D eigenvalue weighted by atomic mass is 28.4. The SMILES string of the molecule is COc1cc(CCCC2(C)CC[Si]2(C)OC(C)(C)[Si](C)(C)CCCc2ccc(O)c(OC)c2)ccc1O. The summed E-state index contributed by atoms with van der Waals surface area (Å²) in [5.74, 6) is 1.49. The molecule has 2 aromatic rings. The molecule has 5 nitrogen and oxygen atoms in total. The third kappa shape index (κ3) is 6.55. The van der Waals surface area contributed by atoms with Crippen LogP contribution in [0.25, 0.3) is 0 Å². The molecular formula is C30H48O5Si2. The average molecular weight is 545 g/mol. The van der Waals surface area contributed by atoms with Crippen molar-refractivity contribution in [3.63, 3.8) is 0 Å². The van der Waals surface area contributed by atoms with Crippen LogP contribution in [0.1, 0.15) is 57.6 Å². The van der Waals surface area contributed by atoms with E-state index in [4.69, 9.17) is 13.9 Å². The minimum atomic E-state index is -1.86. The summed E-state index contributed by atoms with van der Waals surface area (Å²) in [6.45, 7) is 14.6. The Morgan fingerprint density at radius 2 is 1.43 bits per heavy atom. The number of methoxy groups -OCH3 is 2. The van der Waals surface area contributed by atoms with Gasteiger partial charge < -0.3 is 24.1 Å². The molecule has 3 rings (SSSR count). The Morgan fingerprint density at radius 3 is 1.89 bits per heavy atom. The number of aryl methyl sites for hydroxylation is 2. The normalized spacial score (nSPS) is 21.9. The molecule has 1 fully saturated rings. The molecule has 1 heterocycles. The number of rotatable bonds is 13. The lowest BCUT2D eigenvalue weighted by Gasteiger charge is -2.58. The maximum Gasteiger partial charge on any atom is 0.195 e. The first-order valence-corrected chi connectivity index (χ1v) is 19.5. The molecule has 1 aliphatic rings. The third-order valence-electron chi connectivity index (χ3n) is 9.49. The quantitative estimate of drug-likeness (QED) is 0.251. The van der Waals surface area contributed by atoms with E-state index < -0.39 is 16.4 Å². The summed E-state index contributed by atoms with van der Waals surface area (Å²) in [7, 11) is -0.342. The second-order valence-corrected chi connectivity index (χ2v) is 22.4. The second kappa shape index (κ2) is 11.4. The summed E-state index contributed by atoms with van der Waals surface area (Å²) < 4.78 is 17.8. The molecule has 206 valence electrons. The van der Waals surface area contributed by atoms with Gasteiger partial charge in [-0.05, 0) is 99.0 Å². The molecule has 2 unspecified atom stereocenters. The predicted octanol–water partition coefficient (Wildman–Crippen LogP) is 7.85. The first-order valence-electron chi connectivity index (χ1n) is 13.7. The Balaban J connectivity index is 1.56. The van der Waals surface area contributed by atoms with Crippen molar-refractivity contribution in [3.8, 4) is 23.0 Å². The van der Waals surface area contributed by atoms with Gasteiger partial charge in [0.1, 0.15) is 0 Å². The van der Waals surface area contributed by atoms with E-state index in [2.05, 4.69) is 40.4 Å². The van der Waals surface area contributed by atoms with Crippen LogP contribution in [-0.4, -0.2) is 46.0 Å². The standard InChI is InChI=1S/C30H48O5Si2/c1-29(2,36(6,7)19-10-12-24-14-16-26(32)28(22-24)34-5)35-37(8)20-18-30(37,3)17-9-11-23-13-15-25(31)27(21-23)33-4/h13-16,21-22,31-32H,9-12,17-20H2,1-8H3. The summed E-state index contributed by atoms with van der Waals surface area (Å²) in [6, 6.07) is 13.8. The molecule has 0 radical (unpaired) electrons. The molecule has 2 aromatic carbocycles. The molecule has 7 heteroatoms. The van der Waals surface area contributed by atoms with Gasteiger partial charge in [-0.1, -0.05) is 44.6 Å². The van der Waals surface area contributed by atoms with Crippen molar-refractivity contribution in [2.75, 3.05) is 14.2 Å². The van der Waals surface area contributed by atoms with Crippen LogP contribution in [0, 0.1) is 0 Å². The number of hydrogen-bond acceptors (Lipinski definition) is 5. The van der Waals surface area contributed by atoms with E-state index in [1.807, 2.05) is 24.3 Å². The summed E-state index contributed by atoms with van der Waals surface area (Å²) in [5, 5.41) is 20.0. The Morgan fingerprint density at radius 1 is 0.919 bits per heavy atom. The van der Waals surface area contributed by atoms with Gasteiger partial charge in [-0.3, -0.25) is 0 Å². The van der Waals surface area contributed by atoms with E-state index in [1.165, 1.54) is 36.1 Å². The fraction of sp³-hybridized carbons (Fsp3) is 0.600. The topological polar surface area (TPSA) is 68.2 Å². The van der Waals surface area contributed by atoms with E-state index in [9.17, 15) is 10.2 Å². The molecule has 1 aliphatic heterocycles. The minimum absolute atomic E-state index is 0.0768. The fourth-order valence-corrected chi connectivity index (χ4v) is 13.1. The molecule has 1 saturated heterocycles. The van der Waals surface area contributed by atoms with Crippen molar-refractivity contribution in [3.05, 3.63) is 47.5 Å². The van der Waals surface area contributed by atoms with Crippen molar-refractivity contribution in [2.45, 2.75) is 101 Å².